The predicted octanol–water partition coefficient (Wildman–Crippen LogP) is 3.38. The van der Waals surface area contributed by atoms with Crippen LogP contribution in [0.5, 0.6) is 0 Å². The Labute approximate surface area is 125 Å². The van der Waals surface area contributed by atoms with Gasteiger partial charge >= 0.3 is 0 Å². The van der Waals surface area contributed by atoms with Gasteiger partial charge in [0.25, 0.3) is 5.91 Å². The standard InChI is InChI=1S/C13H18BrFN2OS/c1-4-8(7-19-3)17(2)13(18)9-5-12(16)11(15)6-10(9)14/h5-6,8H,4,7,16H2,1-3H3. The molecule has 0 bridgehead atoms. The molecule has 0 radical (unpaired) electrons. The van der Waals surface area contributed by atoms with Gasteiger partial charge in [-0.3, -0.25) is 4.79 Å². The minimum atomic E-state index is -0.526. The summed E-state index contributed by atoms with van der Waals surface area (Å²) in [5.74, 6) is 0.189. The summed E-state index contributed by atoms with van der Waals surface area (Å²) in [4.78, 5) is 14.1. The van der Waals surface area contributed by atoms with Crippen molar-refractivity contribution in [2.24, 2.45) is 0 Å². The molecule has 3 nitrogen and oxygen atoms in total. The summed E-state index contributed by atoms with van der Waals surface area (Å²) in [7, 11) is 1.76. The third-order valence-corrected chi connectivity index (χ3v) is 4.39. The van der Waals surface area contributed by atoms with Crippen LogP contribution < -0.4 is 5.73 Å². The monoisotopic (exact) mass is 348 g/mol. The lowest BCUT2D eigenvalue weighted by Crippen LogP contribution is -2.38. The lowest BCUT2D eigenvalue weighted by molar-refractivity contribution is 0.0742. The summed E-state index contributed by atoms with van der Waals surface area (Å²) in [5.41, 5.74) is 5.90. The summed E-state index contributed by atoms with van der Waals surface area (Å²) >= 11 is 4.91. The Hall–Kier alpha value is -0.750. The van der Waals surface area contributed by atoms with E-state index >= 15 is 0 Å². The molecule has 2 N–H and O–H groups in total. The molecule has 0 saturated heterocycles. The van der Waals surface area contributed by atoms with E-state index < -0.39 is 5.82 Å². The van der Waals surface area contributed by atoms with Gasteiger partial charge in [0, 0.05) is 23.3 Å². The van der Waals surface area contributed by atoms with Gasteiger partial charge in [-0.25, -0.2) is 4.39 Å². The lowest BCUT2D eigenvalue weighted by Gasteiger charge is -2.27. The molecule has 0 aliphatic heterocycles. The summed E-state index contributed by atoms with van der Waals surface area (Å²) in [6.07, 6.45) is 2.88. The molecule has 1 unspecified atom stereocenters. The number of carbonyl (C=O) groups is 1. The molecule has 1 aromatic carbocycles. The van der Waals surface area contributed by atoms with E-state index in [1.807, 2.05) is 13.2 Å². The van der Waals surface area contributed by atoms with Crippen LogP contribution in [0.1, 0.15) is 23.7 Å². The molecule has 0 spiro atoms. The third kappa shape index (κ3) is 3.86. The van der Waals surface area contributed by atoms with Crippen molar-refractivity contribution in [1.82, 2.24) is 4.90 Å². The first-order valence-corrected chi connectivity index (χ1v) is 8.11. The number of amides is 1. The van der Waals surface area contributed by atoms with Gasteiger partial charge in [-0.15, -0.1) is 0 Å². The van der Waals surface area contributed by atoms with Crippen molar-refractivity contribution in [3.63, 3.8) is 0 Å². The van der Waals surface area contributed by atoms with Crippen molar-refractivity contribution in [3.05, 3.63) is 28.0 Å². The summed E-state index contributed by atoms with van der Waals surface area (Å²) in [6.45, 7) is 2.04. The van der Waals surface area contributed by atoms with Crippen LogP contribution in [-0.2, 0) is 0 Å². The second-order valence-corrected chi connectivity index (χ2v) is 6.05. The van der Waals surface area contributed by atoms with Crippen molar-refractivity contribution in [2.75, 3.05) is 24.8 Å². The van der Waals surface area contributed by atoms with Crippen molar-refractivity contribution in [1.29, 1.82) is 0 Å². The minimum Gasteiger partial charge on any atom is -0.396 e. The molecule has 1 atom stereocenters. The van der Waals surface area contributed by atoms with Crippen LogP contribution in [0.4, 0.5) is 10.1 Å². The average Bonchev–Trinajstić information content (AvgIpc) is 2.38. The van der Waals surface area contributed by atoms with E-state index in [2.05, 4.69) is 15.9 Å². The molecule has 106 valence electrons. The molecule has 0 aliphatic carbocycles. The number of hydrogen-bond donors (Lipinski definition) is 1. The molecule has 1 amide bonds. The largest absolute Gasteiger partial charge is 0.396 e. The summed E-state index contributed by atoms with van der Waals surface area (Å²) in [5, 5.41) is 0. The zero-order valence-electron chi connectivity index (χ0n) is 11.2. The topological polar surface area (TPSA) is 46.3 Å². The van der Waals surface area contributed by atoms with E-state index in [1.165, 1.54) is 12.1 Å². The number of nitrogens with zero attached hydrogens (tertiary/aromatic N) is 1. The first kappa shape index (κ1) is 16.3. The zero-order valence-corrected chi connectivity index (χ0v) is 13.6. The van der Waals surface area contributed by atoms with Gasteiger partial charge in [0.2, 0.25) is 0 Å². The zero-order chi connectivity index (χ0) is 14.6. The van der Waals surface area contributed by atoms with Crippen molar-refractivity contribution < 1.29 is 9.18 Å². The van der Waals surface area contributed by atoms with Gasteiger partial charge in [-0.05, 0) is 40.7 Å². The van der Waals surface area contributed by atoms with Crippen LogP contribution in [-0.4, -0.2) is 35.9 Å². The van der Waals surface area contributed by atoms with E-state index in [-0.39, 0.29) is 17.6 Å². The normalized spacial score (nSPS) is 12.3. The van der Waals surface area contributed by atoms with Crippen LogP contribution in [0, 0.1) is 5.82 Å². The van der Waals surface area contributed by atoms with Crippen LogP contribution in [0.3, 0.4) is 0 Å². The smallest absolute Gasteiger partial charge is 0.255 e. The number of halogens is 2. The maximum absolute atomic E-state index is 13.3. The second-order valence-electron chi connectivity index (χ2n) is 4.29. The van der Waals surface area contributed by atoms with Gasteiger partial charge in [0.15, 0.2) is 0 Å². The Kier molecular flexibility index (Phi) is 6.13. The Morgan fingerprint density at radius 1 is 1.58 bits per heavy atom. The quantitative estimate of drug-likeness (QED) is 0.829. The van der Waals surface area contributed by atoms with Gasteiger partial charge in [0.05, 0.1) is 11.3 Å². The molecule has 0 aliphatic rings. The van der Waals surface area contributed by atoms with Crippen LogP contribution in [0.15, 0.2) is 16.6 Å². The molecule has 1 aromatic rings. The van der Waals surface area contributed by atoms with Gasteiger partial charge in [-0.1, -0.05) is 6.92 Å². The molecule has 0 aromatic heterocycles. The van der Waals surface area contributed by atoms with Crippen LogP contribution in [0.25, 0.3) is 0 Å². The highest BCUT2D eigenvalue weighted by atomic mass is 79.9. The maximum Gasteiger partial charge on any atom is 0.255 e. The van der Waals surface area contributed by atoms with Gasteiger partial charge in [0.1, 0.15) is 5.82 Å². The van der Waals surface area contributed by atoms with Crippen LogP contribution in [0.2, 0.25) is 0 Å². The molecule has 1 rings (SSSR count). The molecular formula is C13H18BrFN2OS. The van der Waals surface area contributed by atoms with Crippen LogP contribution >= 0.6 is 27.7 Å². The highest BCUT2D eigenvalue weighted by Gasteiger charge is 2.22. The van der Waals surface area contributed by atoms with Gasteiger partial charge in [-0.2, -0.15) is 11.8 Å². The van der Waals surface area contributed by atoms with Gasteiger partial charge < -0.3 is 10.6 Å². The fourth-order valence-electron chi connectivity index (χ4n) is 1.78. The Bertz CT molecular complexity index is 470. The predicted molar refractivity (Wildman–Crippen MR) is 83.1 cm³/mol. The number of hydrogen-bond acceptors (Lipinski definition) is 3. The number of nitrogen functional groups attached to an aromatic ring is 1. The highest BCUT2D eigenvalue weighted by molar-refractivity contribution is 9.10. The van der Waals surface area contributed by atoms with E-state index in [4.69, 9.17) is 5.73 Å². The molecule has 0 heterocycles. The molecule has 0 saturated carbocycles. The fraction of sp³-hybridized carbons (Fsp3) is 0.462. The van der Waals surface area contributed by atoms with E-state index in [9.17, 15) is 9.18 Å². The summed E-state index contributed by atoms with van der Waals surface area (Å²) in [6, 6.07) is 2.76. The molecule has 6 heteroatoms. The molecule has 19 heavy (non-hydrogen) atoms. The third-order valence-electron chi connectivity index (χ3n) is 3.02. The average molecular weight is 349 g/mol. The number of rotatable bonds is 5. The second kappa shape index (κ2) is 7.14. The highest BCUT2D eigenvalue weighted by Crippen LogP contribution is 2.25. The van der Waals surface area contributed by atoms with E-state index in [1.54, 1.807) is 23.7 Å². The number of nitrogens with two attached hydrogens (primary N) is 1. The number of benzene rings is 1. The Balaban J connectivity index is 3.02. The molecule has 0 fully saturated rings. The van der Waals surface area contributed by atoms with Crippen molar-refractivity contribution in [3.8, 4) is 0 Å². The first-order valence-electron chi connectivity index (χ1n) is 5.93. The Morgan fingerprint density at radius 2 is 2.21 bits per heavy atom. The maximum atomic E-state index is 13.3. The fourth-order valence-corrected chi connectivity index (χ4v) is 3.11. The summed E-state index contributed by atoms with van der Waals surface area (Å²) < 4.78 is 13.7. The number of anilines is 1. The number of carbonyl (C=O) groups excluding carboxylic acids is 1. The lowest BCUT2D eigenvalue weighted by atomic mass is 10.1. The first-order chi connectivity index (χ1) is 8.92. The van der Waals surface area contributed by atoms with E-state index in [0.29, 0.717) is 10.0 Å². The minimum absolute atomic E-state index is 0.0159. The number of thioether (sulfide) groups is 1. The SMILES string of the molecule is CCC(CSC)N(C)C(=O)c1cc(N)c(F)cc1Br. The van der Waals surface area contributed by atoms with E-state index in [0.717, 1.165) is 12.2 Å². The van der Waals surface area contributed by atoms with Crippen molar-refractivity contribution in [2.45, 2.75) is 19.4 Å². The Morgan fingerprint density at radius 3 is 2.74 bits per heavy atom. The van der Waals surface area contributed by atoms with Crippen molar-refractivity contribution >= 4 is 39.3 Å². The molecular weight excluding hydrogens is 331 g/mol.